The van der Waals surface area contributed by atoms with Crippen LogP contribution in [-0.2, 0) is 20.1 Å². The molecule has 3 heterocycles. The third-order valence-electron chi connectivity index (χ3n) is 7.85. The van der Waals surface area contributed by atoms with Crippen LogP contribution < -0.4 is 5.19 Å². The van der Waals surface area contributed by atoms with Crippen LogP contribution in [0.5, 0.6) is 0 Å². The second-order valence-electron chi connectivity index (χ2n) is 12.4. The van der Waals surface area contributed by atoms with Gasteiger partial charge in [0.05, 0.1) is 13.7 Å². The Kier molecular flexibility index (Phi) is 8.61. The average Bonchev–Trinajstić information content (AvgIpc) is 3.46. The van der Waals surface area contributed by atoms with Crippen LogP contribution >= 0.6 is 0 Å². The molecule has 7 aromatic rings. The molecule has 46 heavy (non-hydrogen) atoms. The second-order valence-corrected chi connectivity index (χ2v) is 17.5. The van der Waals surface area contributed by atoms with Crippen LogP contribution in [-0.4, -0.2) is 18.0 Å². The summed E-state index contributed by atoms with van der Waals surface area (Å²) in [5, 5.41) is 3.43. The summed E-state index contributed by atoms with van der Waals surface area (Å²) >= 11 is 0. The molecule has 0 N–H and O–H groups in total. The first kappa shape index (κ1) is 28.1. The Bertz CT molecular complexity index is 2160. The number of aryl methyl sites for hydroxylation is 1. The minimum absolute atomic E-state index is 0. The second kappa shape index (κ2) is 14.1. The number of rotatable bonds is 5. The summed E-state index contributed by atoms with van der Waals surface area (Å²) in [6.45, 7) is 8.51. The fourth-order valence-corrected chi connectivity index (χ4v) is 6.24. The van der Waals surface area contributed by atoms with Crippen molar-refractivity contribution in [2.75, 3.05) is 0 Å². The number of fused-ring (bicyclic) bond motifs is 3. The Morgan fingerprint density at radius 1 is 0.804 bits per heavy atom. The molecule has 3 nitrogen and oxygen atoms in total. The molecule has 0 unspecified atom stereocenters. The van der Waals surface area contributed by atoms with E-state index in [1.807, 2.05) is 68.6 Å². The molecule has 7 rings (SSSR count). The molecular weight excluding hydrogens is 757 g/mol. The van der Waals surface area contributed by atoms with Gasteiger partial charge in [0.1, 0.15) is 5.58 Å². The Hall–Kier alpha value is -4.15. The van der Waals surface area contributed by atoms with Gasteiger partial charge in [-0.15, -0.1) is 53.6 Å². The topological polar surface area (TPSA) is 38.9 Å². The zero-order chi connectivity index (χ0) is 35.0. The van der Waals surface area contributed by atoms with Gasteiger partial charge < -0.3 is 14.4 Å². The zero-order valence-electron chi connectivity index (χ0n) is 30.6. The summed E-state index contributed by atoms with van der Waals surface area (Å²) in [4.78, 5) is 9.00. The number of hydrogen-bond donors (Lipinski definition) is 0. The summed E-state index contributed by atoms with van der Waals surface area (Å²) in [5.74, 6) is -0.690. The molecule has 233 valence electrons. The molecule has 0 amide bonds. The van der Waals surface area contributed by atoms with Crippen LogP contribution in [0.25, 0.3) is 55.6 Å². The van der Waals surface area contributed by atoms with Crippen molar-refractivity contribution >= 4 is 35.2 Å². The van der Waals surface area contributed by atoms with E-state index in [4.69, 9.17) is 9.90 Å². The van der Waals surface area contributed by atoms with Gasteiger partial charge in [0.2, 0.25) is 0 Å². The van der Waals surface area contributed by atoms with E-state index in [-0.39, 0.29) is 20.1 Å². The molecule has 0 spiro atoms. The fraction of sp³-hybridized carbons (Fsp3) is 0.171. The molecule has 0 aliphatic heterocycles. The largest absolute Gasteiger partial charge is 0.501 e. The maximum absolute atomic E-state index is 8.33. The Labute approximate surface area is 292 Å². The molecule has 5 heteroatoms. The van der Waals surface area contributed by atoms with Gasteiger partial charge in [-0.25, -0.2) is 0 Å². The van der Waals surface area contributed by atoms with Crippen LogP contribution in [0, 0.1) is 19.0 Å². The summed E-state index contributed by atoms with van der Waals surface area (Å²) in [5.41, 5.74) is 8.37. The smallest absolute Gasteiger partial charge is 0.121 e. The van der Waals surface area contributed by atoms with Crippen molar-refractivity contribution in [2.24, 2.45) is 0 Å². The average molecular weight is 799 g/mol. The third kappa shape index (κ3) is 7.29. The summed E-state index contributed by atoms with van der Waals surface area (Å²) in [6, 6.07) is 39.7. The molecular formula is C41H38IrN2OSi-2. The quantitative estimate of drug-likeness (QED) is 0.129. The van der Waals surface area contributed by atoms with Crippen LogP contribution in [0.1, 0.15) is 36.4 Å². The molecule has 0 fully saturated rings. The molecule has 4 aromatic carbocycles. The van der Waals surface area contributed by atoms with E-state index in [1.54, 1.807) is 18.3 Å². The van der Waals surface area contributed by atoms with Gasteiger partial charge in [0.15, 0.2) is 0 Å². The van der Waals surface area contributed by atoms with Crippen molar-refractivity contribution in [1.82, 2.24) is 9.97 Å². The number of hydrogen-bond acceptors (Lipinski definition) is 3. The van der Waals surface area contributed by atoms with Crippen LogP contribution in [0.2, 0.25) is 19.6 Å². The van der Waals surface area contributed by atoms with E-state index < -0.39 is 20.8 Å². The number of furan rings is 1. The molecule has 0 bridgehead atoms. The molecule has 0 saturated carbocycles. The summed E-state index contributed by atoms with van der Waals surface area (Å²) < 4.78 is 36.7. The van der Waals surface area contributed by atoms with E-state index in [0.717, 1.165) is 61.1 Å². The Morgan fingerprint density at radius 2 is 1.63 bits per heavy atom. The van der Waals surface area contributed by atoms with Crippen molar-refractivity contribution < 1.29 is 30.0 Å². The predicted molar refractivity (Wildman–Crippen MR) is 192 cm³/mol. The normalized spacial score (nSPS) is 13.1. The summed E-state index contributed by atoms with van der Waals surface area (Å²) in [7, 11) is -1.34. The van der Waals surface area contributed by atoms with E-state index in [2.05, 4.69) is 78.1 Å². The van der Waals surface area contributed by atoms with Crippen molar-refractivity contribution in [1.29, 1.82) is 0 Å². The maximum Gasteiger partial charge on any atom is 0.121 e. The fourth-order valence-electron chi connectivity index (χ4n) is 5.20. The third-order valence-corrected chi connectivity index (χ3v) is 9.88. The van der Waals surface area contributed by atoms with E-state index in [9.17, 15) is 0 Å². The van der Waals surface area contributed by atoms with Gasteiger partial charge in [-0.1, -0.05) is 118 Å². The minimum atomic E-state index is -2.08. The number of nitrogens with zero attached hydrogens (tertiary/aromatic N) is 2. The van der Waals surface area contributed by atoms with Crippen molar-refractivity contribution in [3.05, 3.63) is 139 Å². The molecule has 0 saturated heterocycles. The molecule has 3 aromatic heterocycles. The Morgan fingerprint density at radius 3 is 2.30 bits per heavy atom. The summed E-state index contributed by atoms with van der Waals surface area (Å²) in [6.07, 6.45) is 3.68. The molecule has 0 aliphatic carbocycles. The molecule has 0 aliphatic rings. The van der Waals surface area contributed by atoms with Crippen LogP contribution in [0.15, 0.2) is 120 Å². The monoisotopic (exact) mass is 799 g/mol. The Balaban J connectivity index is 0.000000204. The van der Waals surface area contributed by atoms with Crippen molar-refractivity contribution in [3.63, 3.8) is 0 Å². The molecule has 1 radical (unpaired) electrons. The minimum Gasteiger partial charge on any atom is -0.501 e. The number of benzene rings is 4. The first-order valence-corrected chi connectivity index (χ1v) is 18.6. The van der Waals surface area contributed by atoms with Gasteiger partial charge in [0, 0.05) is 43.4 Å². The molecule has 0 atom stereocenters. The van der Waals surface area contributed by atoms with Crippen molar-refractivity contribution in [2.45, 2.75) is 46.2 Å². The van der Waals surface area contributed by atoms with E-state index in [0.29, 0.717) is 5.56 Å². The maximum atomic E-state index is 8.33. The number of pyridine rings is 2. The van der Waals surface area contributed by atoms with E-state index >= 15 is 0 Å². The van der Waals surface area contributed by atoms with Gasteiger partial charge in [-0.2, -0.15) is 0 Å². The van der Waals surface area contributed by atoms with Crippen LogP contribution in [0.3, 0.4) is 0 Å². The first-order chi connectivity index (χ1) is 23.2. The van der Waals surface area contributed by atoms with Gasteiger partial charge >= 0.3 is 0 Å². The first-order valence-electron chi connectivity index (χ1n) is 17.1. The number of aromatic nitrogens is 2. The standard InChI is InChI=1S/C26H20NO.C15H18NSi.Ir/c1-17(2)19-13-14-27-24(15-19)23-10-6-9-22-21-12-11-20(16-25(21)28-26(22)23)18-7-4-3-5-8-18;1-12-5-7-13(8-6-12)15-10-9-14(11-16-15)17(2,3)4;/h3-9,11-17H,1-2H3;5-7,9-11H,1-4H3;/q2*-1;/i17D;1D3;. The zero-order valence-corrected chi connectivity index (χ0v) is 30.0. The van der Waals surface area contributed by atoms with E-state index in [1.165, 1.54) is 11.3 Å². The predicted octanol–water partition coefficient (Wildman–Crippen LogP) is 10.6. The van der Waals surface area contributed by atoms with Gasteiger partial charge in [-0.05, 0) is 45.7 Å². The van der Waals surface area contributed by atoms with Crippen molar-refractivity contribution in [3.8, 4) is 33.6 Å². The SMILES string of the molecule is [2H]C(C)(C)c1ccnc(-c2[c-]ccc3c2oc2cc(-c4ccccc4)ccc23)c1.[2H]C([2H])([2H])c1c[c-]c(-c2ccc([Si](C)(C)C)cn2)cc1.[Ir]. The van der Waals surface area contributed by atoms with Gasteiger partial charge in [-0.3, -0.25) is 0 Å². The van der Waals surface area contributed by atoms with Crippen LogP contribution in [0.4, 0.5) is 0 Å². The van der Waals surface area contributed by atoms with Gasteiger partial charge in [0.25, 0.3) is 0 Å².